The van der Waals surface area contributed by atoms with Crippen molar-refractivity contribution in [3.63, 3.8) is 0 Å². The van der Waals surface area contributed by atoms with Gasteiger partial charge in [0.1, 0.15) is 17.7 Å². The fourth-order valence-corrected chi connectivity index (χ4v) is 1.62. The summed E-state index contributed by atoms with van der Waals surface area (Å²) in [7, 11) is 0. The second-order valence-electron chi connectivity index (χ2n) is 3.49. The molecule has 0 saturated carbocycles. The summed E-state index contributed by atoms with van der Waals surface area (Å²) in [4.78, 5) is 0. The lowest BCUT2D eigenvalue weighted by molar-refractivity contribution is 1.10. The van der Waals surface area contributed by atoms with Gasteiger partial charge < -0.3 is 0 Å². The Morgan fingerprint density at radius 2 is 1.89 bits per heavy atom. The van der Waals surface area contributed by atoms with Crippen molar-refractivity contribution in [2.75, 3.05) is 0 Å². The van der Waals surface area contributed by atoms with E-state index in [1.54, 1.807) is 18.3 Å². The summed E-state index contributed by atoms with van der Waals surface area (Å²) in [6, 6.07) is 10.8. The predicted molar refractivity (Wildman–Crippen MR) is 68.2 cm³/mol. The molecule has 1 aromatic heterocycles. The molecule has 1 aromatic carbocycles. The summed E-state index contributed by atoms with van der Waals surface area (Å²) in [5.74, 6) is 0. The summed E-state index contributed by atoms with van der Waals surface area (Å²) in [6.45, 7) is 0. The lowest BCUT2D eigenvalue weighted by Crippen LogP contribution is -1.82. The Bertz CT molecular complexity index is 652. The average Bonchev–Trinajstić information content (AvgIpc) is 2.85. The molecule has 0 atom stereocenters. The Morgan fingerprint density at radius 1 is 1.22 bits per heavy atom. The number of aromatic amines is 1. The molecule has 1 N–H and O–H groups in total. The van der Waals surface area contributed by atoms with Gasteiger partial charge in [-0.2, -0.15) is 15.6 Å². The van der Waals surface area contributed by atoms with Crippen LogP contribution in [0.2, 0.25) is 5.02 Å². The minimum absolute atomic E-state index is 0.0339. The van der Waals surface area contributed by atoms with E-state index in [-0.39, 0.29) is 5.57 Å². The molecule has 0 spiro atoms. The van der Waals surface area contributed by atoms with Crippen LogP contribution < -0.4 is 0 Å². The van der Waals surface area contributed by atoms with Gasteiger partial charge in [-0.1, -0.05) is 23.7 Å². The zero-order valence-corrected chi connectivity index (χ0v) is 9.94. The molecule has 18 heavy (non-hydrogen) atoms. The molecule has 0 aliphatic heterocycles. The fraction of sp³-hybridized carbons (Fsp3) is 0. The molecule has 0 radical (unpaired) electrons. The van der Waals surface area contributed by atoms with E-state index < -0.39 is 0 Å². The summed E-state index contributed by atoms with van der Waals surface area (Å²) in [6.07, 6.45) is 3.06. The van der Waals surface area contributed by atoms with E-state index in [9.17, 15) is 0 Å². The topological polar surface area (TPSA) is 76.3 Å². The fourth-order valence-electron chi connectivity index (χ4n) is 1.50. The first-order valence-electron chi connectivity index (χ1n) is 5.06. The number of rotatable bonds is 2. The van der Waals surface area contributed by atoms with E-state index >= 15 is 0 Å². The number of nitriles is 2. The number of H-pyrrole nitrogens is 1. The number of benzene rings is 1. The highest BCUT2D eigenvalue weighted by Gasteiger charge is 2.06. The van der Waals surface area contributed by atoms with Crippen molar-refractivity contribution in [2.45, 2.75) is 0 Å². The van der Waals surface area contributed by atoms with E-state index in [4.69, 9.17) is 22.1 Å². The molecule has 2 aromatic rings. The van der Waals surface area contributed by atoms with E-state index in [1.807, 2.05) is 24.3 Å². The van der Waals surface area contributed by atoms with Crippen LogP contribution in [0, 0.1) is 22.7 Å². The van der Waals surface area contributed by atoms with Crippen LogP contribution >= 0.6 is 11.6 Å². The van der Waals surface area contributed by atoms with Crippen molar-refractivity contribution in [1.29, 1.82) is 10.5 Å². The van der Waals surface area contributed by atoms with E-state index in [0.717, 1.165) is 11.3 Å². The van der Waals surface area contributed by atoms with Crippen LogP contribution in [0.1, 0.15) is 5.56 Å². The highest BCUT2D eigenvalue weighted by atomic mass is 35.5. The third kappa shape index (κ3) is 2.40. The van der Waals surface area contributed by atoms with Crippen LogP contribution in [0.15, 0.2) is 36.0 Å². The zero-order valence-electron chi connectivity index (χ0n) is 9.18. The van der Waals surface area contributed by atoms with Crippen LogP contribution in [0.5, 0.6) is 0 Å². The molecule has 0 aliphatic rings. The molecule has 0 aliphatic carbocycles. The second-order valence-corrected chi connectivity index (χ2v) is 3.93. The molecule has 0 fully saturated rings. The summed E-state index contributed by atoms with van der Waals surface area (Å²) < 4.78 is 0. The molecule has 0 bridgehead atoms. The van der Waals surface area contributed by atoms with Gasteiger partial charge in [0, 0.05) is 16.1 Å². The number of halogens is 1. The van der Waals surface area contributed by atoms with Crippen LogP contribution in [0.3, 0.4) is 0 Å². The summed E-state index contributed by atoms with van der Waals surface area (Å²) in [5.41, 5.74) is 2.36. The number of allylic oxidation sites excluding steroid dienone is 1. The van der Waals surface area contributed by atoms with Gasteiger partial charge in [-0.25, -0.2) is 0 Å². The van der Waals surface area contributed by atoms with Crippen molar-refractivity contribution in [3.8, 4) is 23.4 Å². The first-order chi connectivity index (χ1) is 8.74. The molecule has 2 rings (SSSR count). The monoisotopic (exact) mass is 254 g/mol. The van der Waals surface area contributed by atoms with E-state index in [2.05, 4.69) is 10.2 Å². The third-order valence-electron chi connectivity index (χ3n) is 2.34. The highest BCUT2D eigenvalue weighted by molar-refractivity contribution is 6.30. The smallest absolute Gasteiger partial charge is 0.130 e. The van der Waals surface area contributed by atoms with Crippen LogP contribution in [0.4, 0.5) is 0 Å². The highest BCUT2D eigenvalue weighted by Crippen LogP contribution is 2.24. The number of aromatic nitrogens is 2. The minimum atomic E-state index is 0.0339. The quantitative estimate of drug-likeness (QED) is 0.837. The Morgan fingerprint density at radius 3 is 2.50 bits per heavy atom. The molecular formula is C13H7ClN4. The van der Waals surface area contributed by atoms with Crippen molar-refractivity contribution in [1.82, 2.24) is 10.2 Å². The maximum Gasteiger partial charge on any atom is 0.130 e. The largest absolute Gasteiger partial charge is 0.277 e. The van der Waals surface area contributed by atoms with Gasteiger partial charge in [0.25, 0.3) is 0 Å². The number of nitrogens with zero attached hydrogens (tertiary/aromatic N) is 3. The molecule has 0 amide bonds. The van der Waals surface area contributed by atoms with Gasteiger partial charge >= 0.3 is 0 Å². The minimum Gasteiger partial charge on any atom is -0.277 e. The summed E-state index contributed by atoms with van der Waals surface area (Å²) >= 11 is 5.82. The normalized spacial score (nSPS) is 9.28. The maximum atomic E-state index is 8.73. The van der Waals surface area contributed by atoms with Gasteiger partial charge in [0.2, 0.25) is 0 Å². The first kappa shape index (κ1) is 11.9. The molecule has 5 heteroatoms. The van der Waals surface area contributed by atoms with Crippen molar-refractivity contribution in [3.05, 3.63) is 46.6 Å². The zero-order chi connectivity index (χ0) is 13.0. The number of hydrogen-bond donors (Lipinski definition) is 1. The van der Waals surface area contributed by atoms with Crippen molar-refractivity contribution >= 4 is 17.7 Å². The van der Waals surface area contributed by atoms with Crippen LogP contribution in [-0.4, -0.2) is 10.2 Å². The Kier molecular flexibility index (Phi) is 3.43. The Labute approximate surface area is 109 Å². The molecule has 0 saturated heterocycles. The molecule has 0 unspecified atom stereocenters. The predicted octanol–water partition coefficient (Wildman–Crippen LogP) is 3.16. The SMILES string of the molecule is N#CC(C#N)=Cc1cn[nH]c1-c1ccc(Cl)cc1. The lowest BCUT2D eigenvalue weighted by Gasteiger charge is -1.99. The van der Waals surface area contributed by atoms with Gasteiger partial charge in [-0.3, -0.25) is 5.10 Å². The third-order valence-corrected chi connectivity index (χ3v) is 2.59. The molecule has 1 heterocycles. The second kappa shape index (κ2) is 5.18. The van der Waals surface area contributed by atoms with Crippen molar-refractivity contribution < 1.29 is 0 Å². The molecular weight excluding hydrogens is 248 g/mol. The van der Waals surface area contributed by atoms with Crippen molar-refractivity contribution in [2.24, 2.45) is 0 Å². The number of hydrogen-bond acceptors (Lipinski definition) is 3. The maximum absolute atomic E-state index is 8.73. The standard InChI is InChI=1S/C13H7ClN4/c14-12-3-1-10(2-4-12)13-11(8-17-18-13)5-9(6-15)7-16/h1-5,8H,(H,17,18). The van der Waals surface area contributed by atoms with Gasteiger partial charge in [0.05, 0.1) is 11.9 Å². The van der Waals surface area contributed by atoms with Gasteiger partial charge in [-0.05, 0) is 18.2 Å². The van der Waals surface area contributed by atoms with Crippen LogP contribution in [-0.2, 0) is 0 Å². The van der Waals surface area contributed by atoms with Gasteiger partial charge in [-0.15, -0.1) is 0 Å². The average molecular weight is 255 g/mol. The van der Waals surface area contributed by atoms with Crippen LogP contribution in [0.25, 0.3) is 17.3 Å². The summed E-state index contributed by atoms with van der Waals surface area (Å²) in [5, 5.41) is 24.9. The Balaban J connectivity index is 2.47. The first-order valence-corrected chi connectivity index (χ1v) is 5.43. The van der Waals surface area contributed by atoms with Gasteiger partial charge in [0.15, 0.2) is 0 Å². The lowest BCUT2D eigenvalue weighted by atomic mass is 10.1. The molecule has 86 valence electrons. The Hall–Kier alpha value is -2.56. The molecule has 4 nitrogen and oxygen atoms in total. The number of nitrogens with one attached hydrogen (secondary N) is 1. The van der Waals surface area contributed by atoms with E-state index in [0.29, 0.717) is 10.6 Å². The van der Waals surface area contributed by atoms with E-state index in [1.165, 1.54) is 6.08 Å².